The summed E-state index contributed by atoms with van der Waals surface area (Å²) in [5, 5.41) is 0. The van der Waals surface area contributed by atoms with Gasteiger partial charge < -0.3 is 4.74 Å². The Bertz CT molecular complexity index is 174. The van der Waals surface area contributed by atoms with E-state index in [1.807, 2.05) is 4.72 Å². The zero-order valence-corrected chi connectivity index (χ0v) is 8.72. The third-order valence-corrected chi connectivity index (χ3v) is 2.06. The second kappa shape index (κ2) is 5.28. The quantitative estimate of drug-likeness (QED) is 0.564. The minimum atomic E-state index is -3.25. The van der Waals surface area contributed by atoms with E-state index < -0.39 is 17.1 Å². The normalized spacial score (nSPS) is 12.8. The third kappa shape index (κ3) is 6.64. The number of ether oxygens (including phenoxy) is 1. The van der Waals surface area contributed by atoms with Gasteiger partial charge in [-0.1, -0.05) is 17.9 Å². The van der Waals surface area contributed by atoms with Crippen LogP contribution < -0.4 is 9.44 Å². The zero-order valence-electron chi connectivity index (χ0n) is 7.90. The summed E-state index contributed by atoms with van der Waals surface area (Å²) in [6.07, 6.45) is -1.15. The predicted molar refractivity (Wildman–Crippen MR) is 51.3 cm³/mol. The molecule has 0 aromatic rings. The standard InChI is InChI=1S/C6H16N2O4S/c1-4-7-13(10,11)8-6(9)12-5(2)3/h5,7,10-11H,4H2,1-3H3,(H,8,9). The van der Waals surface area contributed by atoms with Gasteiger partial charge in [-0.05, 0) is 13.8 Å². The first-order chi connectivity index (χ1) is 5.87. The van der Waals surface area contributed by atoms with Crippen molar-refractivity contribution in [2.24, 2.45) is 0 Å². The molecule has 7 heteroatoms. The van der Waals surface area contributed by atoms with Gasteiger partial charge in [-0.3, -0.25) is 9.11 Å². The summed E-state index contributed by atoms with van der Waals surface area (Å²) in [5.74, 6) is 0. The van der Waals surface area contributed by atoms with Gasteiger partial charge in [-0.25, -0.2) is 14.2 Å². The number of nitrogens with one attached hydrogen (secondary N) is 2. The van der Waals surface area contributed by atoms with E-state index in [9.17, 15) is 4.79 Å². The van der Waals surface area contributed by atoms with E-state index in [4.69, 9.17) is 9.11 Å². The average molecular weight is 212 g/mol. The smallest absolute Gasteiger partial charge is 0.426 e. The van der Waals surface area contributed by atoms with E-state index in [2.05, 4.69) is 9.46 Å². The predicted octanol–water partition coefficient (Wildman–Crippen LogP) is 1.31. The molecule has 80 valence electrons. The highest BCUT2D eigenvalue weighted by Crippen LogP contribution is 2.26. The molecule has 0 unspecified atom stereocenters. The lowest BCUT2D eigenvalue weighted by Gasteiger charge is -2.31. The van der Waals surface area contributed by atoms with Gasteiger partial charge >= 0.3 is 6.09 Å². The number of carbonyl (C=O) groups is 1. The number of hydrogen-bond donors (Lipinski definition) is 4. The number of carbonyl (C=O) groups excluding carboxylic acids is 1. The monoisotopic (exact) mass is 212 g/mol. The van der Waals surface area contributed by atoms with Crippen molar-refractivity contribution in [1.82, 2.24) is 9.44 Å². The molecule has 4 N–H and O–H groups in total. The largest absolute Gasteiger partial charge is 0.446 e. The van der Waals surface area contributed by atoms with E-state index in [1.54, 1.807) is 20.8 Å². The Morgan fingerprint density at radius 2 is 2.08 bits per heavy atom. The van der Waals surface area contributed by atoms with Crippen molar-refractivity contribution >= 4 is 17.1 Å². The SMILES string of the molecule is CCNS(O)(O)NC(=O)OC(C)C. The summed E-state index contributed by atoms with van der Waals surface area (Å²) in [5.41, 5.74) is 0. The van der Waals surface area contributed by atoms with E-state index in [-0.39, 0.29) is 6.10 Å². The number of amides is 1. The van der Waals surface area contributed by atoms with Crippen LogP contribution in [0, 0.1) is 0 Å². The van der Waals surface area contributed by atoms with Crippen molar-refractivity contribution in [3.63, 3.8) is 0 Å². The Hall–Kier alpha value is -0.500. The van der Waals surface area contributed by atoms with Gasteiger partial charge in [0.25, 0.3) is 0 Å². The Balaban J connectivity index is 3.89. The maximum absolute atomic E-state index is 10.9. The van der Waals surface area contributed by atoms with Gasteiger partial charge in [-0.2, -0.15) is 0 Å². The molecule has 0 aromatic carbocycles. The van der Waals surface area contributed by atoms with E-state index in [0.717, 1.165) is 0 Å². The number of hydrogen-bond acceptors (Lipinski definition) is 5. The second-order valence-electron chi connectivity index (χ2n) is 2.60. The zero-order chi connectivity index (χ0) is 10.5. The molecule has 0 rings (SSSR count). The minimum absolute atomic E-state index is 0.295. The van der Waals surface area contributed by atoms with Gasteiger partial charge in [-0.15, -0.1) is 0 Å². The Labute approximate surface area is 79.3 Å². The highest BCUT2D eigenvalue weighted by atomic mass is 32.3. The molecule has 0 spiro atoms. The molecule has 6 nitrogen and oxygen atoms in total. The van der Waals surface area contributed by atoms with E-state index in [0.29, 0.717) is 6.54 Å². The van der Waals surface area contributed by atoms with Crippen molar-refractivity contribution in [1.29, 1.82) is 0 Å². The third-order valence-electron chi connectivity index (χ3n) is 0.914. The summed E-state index contributed by atoms with van der Waals surface area (Å²) in [7, 11) is -3.25. The summed E-state index contributed by atoms with van der Waals surface area (Å²) in [6, 6.07) is 0. The molecule has 0 heterocycles. The molecule has 0 fully saturated rings. The highest BCUT2D eigenvalue weighted by Gasteiger charge is 2.15. The highest BCUT2D eigenvalue weighted by molar-refractivity contribution is 8.21. The van der Waals surface area contributed by atoms with E-state index >= 15 is 0 Å². The molecule has 0 radical (unpaired) electrons. The van der Waals surface area contributed by atoms with Crippen molar-refractivity contribution < 1.29 is 18.6 Å². The van der Waals surface area contributed by atoms with Gasteiger partial charge in [0, 0.05) is 6.54 Å². The summed E-state index contributed by atoms with van der Waals surface area (Å²) in [6.45, 7) is 5.35. The molecule has 13 heavy (non-hydrogen) atoms. The number of rotatable bonds is 4. The minimum Gasteiger partial charge on any atom is -0.446 e. The summed E-state index contributed by atoms with van der Waals surface area (Å²) >= 11 is 0. The first-order valence-corrected chi connectivity index (χ1v) is 5.43. The molecular formula is C6H16N2O4S. The fourth-order valence-electron chi connectivity index (χ4n) is 0.592. The maximum atomic E-state index is 10.9. The van der Waals surface area contributed by atoms with Crippen molar-refractivity contribution in [2.75, 3.05) is 6.54 Å². The van der Waals surface area contributed by atoms with Crippen LogP contribution in [0.25, 0.3) is 0 Å². The summed E-state index contributed by atoms with van der Waals surface area (Å²) in [4.78, 5) is 10.9. The average Bonchev–Trinajstić information content (AvgIpc) is 1.81. The van der Waals surface area contributed by atoms with Crippen LogP contribution in [-0.4, -0.2) is 27.8 Å². The van der Waals surface area contributed by atoms with Crippen molar-refractivity contribution in [3.8, 4) is 0 Å². The molecular weight excluding hydrogens is 196 g/mol. The first kappa shape index (κ1) is 12.5. The Kier molecular flexibility index (Phi) is 5.07. The molecule has 0 saturated heterocycles. The maximum Gasteiger partial charge on any atom is 0.426 e. The summed E-state index contributed by atoms with van der Waals surface area (Å²) < 4.78 is 27.1. The van der Waals surface area contributed by atoms with Crippen molar-refractivity contribution in [3.05, 3.63) is 0 Å². The van der Waals surface area contributed by atoms with Crippen LogP contribution in [0.15, 0.2) is 0 Å². The molecule has 1 amide bonds. The molecule has 0 aliphatic heterocycles. The van der Waals surface area contributed by atoms with Gasteiger partial charge in [0.2, 0.25) is 0 Å². The second-order valence-corrected chi connectivity index (χ2v) is 4.19. The lowest BCUT2D eigenvalue weighted by atomic mass is 10.5. The molecule has 0 aromatic heterocycles. The molecule has 0 atom stereocenters. The van der Waals surface area contributed by atoms with Crippen LogP contribution >= 0.6 is 11.0 Å². The molecule has 0 saturated carbocycles. The van der Waals surface area contributed by atoms with Gasteiger partial charge in [0.15, 0.2) is 0 Å². The van der Waals surface area contributed by atoms with Crippen LogP contribution in [0.1, 0.15) is 20.8 Å². The van der Waals surface area contributed by atoms with Crippen LogP contribution in [0.2, 0.25) is 0 Å². The van der Waals surface area contributed by atoms with E-state index in [1.165, 1.54) is 0 Å². The topological polar surface area (TPSA) is 90.8 Å². The van der Waals surface area contributed by atoms with Crippen LogP contribution in [0.3, 0.4) is 0 Å². The Morgan fingerprint density at radius 3 is 2.46 bits per heavy atom. The van der Waals surface area contributed by atoms with Gasteiger partial charge in [0.05, 0.1) is 6.10 Å². The Morgan fingerprint density at radius 1 is 1.54 bits per heavy atom. The molecule has 0 bridgehead atoms. The molecule has 0 aliphatic carbocycles. The van der Waals surface area contributed by atoms with Gasteiger partial charge in [0.1, 0.15) is 0 Å². The van der Waals surface area contributed by atoms with Crippen molar-refractivity contribution in [2.45, 2.75) is 26.9 Å². The molecule has 0 aliphatic rings. The first-order valence-electron chi connectivity index (χ1n) is 3.88. The van der Waals surface area contributed by atoms with Crippen LogP contribution in [0.4, 0.5) is 4.79 Å². The van der Waals surface area contributed by atoms with Crippen LogP contribution in [-0.2, 0) is 4.74 Å². The fraction of sp³-hybridized carbons (Fsp3) is 0.833. The lowest BCUT2D eigenvalue weighted by molar-refractivity contribution is 0.120. The van der Waals surface area contributed by atoms with Crippen LogP contribution in [0.5, 0.6) is 0 Å². The fourth-order valence-corrected chi connectivity index (χ4v) is 1.35. The lowest BCUT2D eigenvalue weighted by Crippen LogP contribution is -2.37.